The zero-order chi connectivity index (χ0) is 14.5. The van der Waals surface area contributed by atoms with E-state index < -0.39 is 23.9 Å². The van der Waals surface area contributed by atoms with Crippen molar-refractivity contribution >= 4 is 5.71 Å². The van der Waals surface area contributed by atoms with Crippen LogP contribution in [0.4, 0.5) is 0 Å². The van der Waals surface area contributed by atoms with Crippen molar-refractivity contribution in [3.05, 3.63) is 0 Å². The van der Waals surface area contributed by atoms with Gasteiger partial charge in [-0.05, 0) is 33.6 Å². The van der Waals surface area contributed by atoms with Gasteiger partial charge in [0.15, 0.2) is 0 Å². The third-order valence-corrected chi connectivity index (χ3v) is 2.34. The highest BCUT2D eigenvalue weighted by Gasteiger charge is 2.30. The van der Waals surface area contributed by atoms with Crippen molar-refractivity contribution in [2.75, 3.05) is 7.11 Å². The van der Waals surface area contributed by atoms with E-state index in [0.717, 1.165) is 0 Å². The molecule has 0 radical (unpaired) electrons. The summed E-state index contributed by atoms with van der Waals surface area (Å²) in [6.45, 7) is 11.0. The summed E-state index contributed by atoms with van der Waals surface area (Å²) in [4.78, 5) is 5.33. The fourth-order valence-corrected chi connectivity index (χ4v) is 1.45. The molecule has 0 rings (SSSR count). The molecule has 0 bridgehead atoms. The van der Waals surface area contributed by atoms with Crippen molar-refractivity contribution in [2.24, 2.45) is 11.1 Å². The Hall–Kier alpha value is -0.650. The number of rotatable bonds is 6. The lowest BCUT2D eigenvalue weighted by atomic mass is 9.96. The average molecular weight is 261 g/mol. The summed E-state index contributed by atoms with van der Waals surface area (Å²) in [7, 11) is 1.55. The first-order valence-electron chi connectivity index (χ1n) is 6.25. The Morgan fingerprint density at radius 1 is 1.11 bits per heavy atom. The Bertz CT molecular complexity index is 269. The van der Waals surface area contributed by atoms with Crippen molar-refractivity contribution in [1.29, 1.82) is 0 Å². The van der Waals surface area contributed by atoms with Gasteiger partial charge in [0.05, 0.1) is 6.10 Å². The summed E-state index contributed by atoms with van der Waals surface area (Å²) in [6.07, 6.45) is -2.42. The Kier molecular flexibility index (Phi) is 6.81. The zero-order valence-electron chi connectivity index (χ0n) is 12.5. The van der Waals surface area contributed by atoms with Gasteiger partial charge in [-0.1, -0.05) is 19.0 Å². The van der Waals surface area contributed by atoms with Crippen LogP contribution in [0, 0.1) is 5.92 Å². The van der Waals surface area contributed by atoms with Crippen molar-refractivity contribution in [3.63, 3.8) is 0 Å². The maximum Gasteiger partial charge on any atom is 0.129 e. The van der Waals surface area contributed by atoms with Crippen LogP contribution in [-0.2, 0) is 9.57 Å². The highest BCUT2D eigenvalue weighted by Crippen LogP contribution is 2.15. The number of aliphatic hydroxyl groups is 2. The molecule has 18 heavy (non-hydrogen) atoms. The van der Waals surface area contributed by atoms with Gasteiger partial charge in [0.25, 0.3) is 0 Å². The quantitative estimate of drug-likeness (QED) is 0.562. The van der Waals surface area contributed by atoms with E-state index in [9.17, 15) is 10.2 Å². The molecule has 0 aliphatic rings. The van der Waals surface area contributed by atoms with Crippen LogP contribution in [0.5, 0.6) is 0 Å². The van der Waals surface area contributed by atoms with Crippen LogP contribution >= 0.6 is 0 Å². The minimum atomic E-state index is -1.10. The number of hydrogen-bond acceptors (Lipinski definition) is 5. The molecular weight excluding hydrogens is 234 g/mol. The molecule has 0 heterocycles. The number of nitrogens with zero attached hydrogens (tertiary/aromatic N) is 1. The van der Waals surface area contributed by atoms with Gasteiger partial charge in [-0.3, -0.25) is 0 Å². The molecule has 2 N–H and O–H groups in total. The smallest absolute Gasteiger partial charge is 0.129 e. The summed E-state index contributed by atoms with van der Waals surface area (Å²) >= 11 is 0. The monoisotopic (exact) mass is 261 g/mol. The predicted molar refractivity (Wildman–Crippen MR) is 71.6 cm³/mol. The minimum Gasteiger partial charge on any atom is -0.390 e. The second kappa shape index (κ2) is 7.07. The van der Waals surface area contributed by atoms with Crippen LogP contribution < -0.4 is 0 Å². The van der Waals surface area contributed by atoms with Crippen LogP contribution in [0.15, 0.2) is 5.16 Å². The van der Waals surface area contributed by atoms with E-state index in [-0.39, 0.29) is 5.92 Å². The molecule has 0 amide bonds. The van der Waals surface area contributed by atoms with Crippen LogP contribution in [0.2, 0.25) is 0 Å². The van der Waals surface area contributed by atoms with Gasteiger partial charge < -0.3 is 19.8 Å². The van der Waals surface area contributed by atoms with E-state index in [2.05, 4.69) is 5.16 Å². The van der Waals surface area contributed by atoms with E-state index in [0.29, 0.717) is 5.71 Å². The number of hydrogen-bond donors (Lipinski definition) is 2. The van der Waals surface area contributed by atoms with E-state index >= 15 is 0 Å². The molecule has 0 fully saturated rings. The summed E-state index contributed by atoms with van der Waals surface area (Å²) in [5, 5.41) is 23.5. The predicted octanol–water partition coefficient (Wildman–Crippen LogP) is 1.57. The van der Waals surface area contributed by atoms with Gasteiger partial charge in [-0.15, -0.1) is 0 Å². The zero-order valence-corrected chi connectivity index (χ0v) is 12.5. The van der Waals surface area contributed by atoms with Crippen molar-refractivity contribution in [2.45, 2.75) is 65.5 Å². The number of ether oxygens (including phenoxy) is 1. The highest BCUT2D eigenvalue weighted by atomic mass is 16.6. The standard InChI is InChI=1S/C13H27NO4/c1-8(2)12(17-7)10(11(16)9(3)15)14-18-13(4,5)6/h8-9,11-12,15-16H,1-7H3/b14-10+/t9?,11?,12-/m0/s1. The molecule has 0 aliphatic carbocycles. The molecule has 0 saturated carbocycles. The van der Waals surface area contributed by atoms with Crippen LogP contribution in [0.1, 0.15) is 41.5 Å². The SMILES string of the molecule is CO[C@H](/C(=N/OC(C)(C)C)C(O)C(C)O)C(C)C. The summed E-state index contributed by atoms with van der Waals surface area (Å²) < 4.78 is 5.33. The lowest BCUT2D eigenvalue weighted by Crippen LogP contribution is -2.43. The molecule has 0 aliphatic heterocycles. The maximum absolute atomic E-state index is 9.99. The fraction of sp³-hybridized carbons (Fsp3) is 0.923. The molecule has 0 aromatic rings. The van der Waals surface area contributed by atoms with Gasteiger partial charge in [0.2, 0.25) is 0 Å². The Balaban J connectivity index is 5.16. The number of methoxy groups -OCH3 is 1. The van der Waals surface area contributed by atoms with Crippen LogP contribution in [0.25, 0.3) is 0 Å². The first-order chi connectivity index (χ1) is 8.10. The van der Waals surface area contributed by atoms with Gasteiger partial charge in [0, 0.05) is 7.11 Å². The summed E-state index contributed by atoms with van der Waals surface area (Å²) in [5.74, 6) is 0.116. The summed E-state index contributed by atoms with van der Waals surface area (Å²) in [6, 6.07) is 0. The van der Waals surface area contributed by atoms with Gasteiger partial charge in [-0.25, -0.2) is 0 Å². The second-order valence-corrected chi connectivity index (χ2v) is 5.81. The first kappa shape index (κ1) is 17.4. The molecule has 0 aromatic carbocycles. The third-order valence-electron chi connectivity index (χ3n) is 2.34. The lowest BCUT2D eigenvalue weighted by molar-refractivity contribution is -0.0104. The van der Waals surface area contributed by atoms with Crippen molar-refractivity contribution in [3.8, 4) is 0 Å². The fourth-order valence-electron chi connectivity index (χ4n) is 1.45. The molecule has 3 atom stereocenters. The van der Waals surface area contributed by atoms with E-state index in [1.807, 2.05) is 34.6 Å². The van der Waals surface area contributed by atoms with Gasteiger partial charge in [-0.2, -0.15) is 0 Å². The third kappa shape index (κ3) is 5.80. The van der Waals surface area contributed by atoms with Gasteiger partial charge in [0.1, 0.15) is 23.5 Å². The first-order valence-corrected chi connectivity index (χ1v) is 6.25. The maximum atomic E-state index is 9.99. The van der Waals surface area contributed by atoms with Crippen LogP contribution in [0.3, 0.4) is 0 Å². The molecule has 0 saturated heterocycles. The number of oxime groups is 1. The molecule has 0 aromatic heterocycles. The van der Waals surface area contributed by atoms with Gasteiger partial charge >= 0.3 is 0 Å². The van der Waals surface area contributed by atoms with Crippen molar-refractivity contribution < 1.29 is 19.8 Å². The molecule has 5 nitrogen and oxygen atoms in total. The second-order valence-electron chi connectivity index (χ2n) is 5.81. The number of aliphatic hydroxyl groups excluding tert-OH is 2. The Labute approximate surface area is 110 Å². The highest BCUT2D eigenvalue weighted by molar-refractivity contribution is 5.92. The van der Waals surface area contributed by atoms with E-state index in [1.165, 1.54) is 6.92 Å². The van der Waals surface area contributed by atoms with E-state index in [4.69, 9.17) is 9.57 Å². The minimum absolute atomic E-state index is 0.116. The molecule has 2 unspecified atom stereocenters. The Morgan fingerprint density at radius 2 is 1.61 bits per heavy atom. The molecule has 0 spiro atoms. The topological polar surface area (TPSA) is 71.3 Å². The van der Waals surface area contributed by atoms with Crippen molar-refractivity contribution in [1.82, 2.24) is 0 Å². The largest absolute Gasteiger partial charge is 0.390 e. The normalized spacial score (nSPS) is 18.7. The lowest BCUT2D eigenvalue weighted by Gasteiger charge is -2.27. The molecular formula is C13H27NO4. The molecule has 5 heteroatoms. The van der Waals surface area contributed by atoms with Crippen LogP contribution in [-0.4, -0.2) is 46.9 Å². The Morgan fingerprint density at radius 3 is 1.89 bits per heavy atom. The van der Waals surface area contributed by atoms with E-state index in [1.54, 1.807) is 7.11 Å². The summed E-state index contributed by atoms with van der Waals surface area (Å²) in [5.41, 5.74) is -0.142. The molecule has 108 valence electrons. The average Bonchev–Trinajstić information content (AvgIpc) is 2.20.